The molecule has 3 rings (SSSR count). The second-order valence-corrected chi connectivity index (χ2v) is 14.1. The summed E-state index contributed by atoms with van der Waals surface area (Å²) in [6.07, 6.45) is 1.24. The maximum atomic E-state index is 14.1. The Morgan fingerprint density at radius 3 is 2.15 bits per heavy atom. The van der Waals surface area contributed by atoms with Crippen molar-refractivity contribution < 1.29 is 18.0 Å². The van der Waals surface area contributed by atoms with Crippen molar-refractivity contribution in [1.82, 2.24) is 10.2 Å². The van der Waals surface area contributed by atoms with Crippen LogP contribution in [0.2, 0.25) is 10.0 Å². The highest BCUT2D eigenvalue weighted by molar-refractivity contribution is 9.10. The van der Waals surface area contributed by atoms with E-state index in [-0.39, 0.29) is 34.6 Å². The van der Waals surface area contributed by atoms with Gasteiger partial charge in [0.2, 0.25) is 21.8 Å². The molecule has 0 saturated carbocycles. The van der Waals surface area contributed by atoms with E-state index in [1.165, 1.54) is 23.1 Å². The summed E-state index contributed by atoms with van der Waals surface area (Å²) >= 11 is 15.7. The lowest BCUT2D eigenvalue weighted by Crippen LogP contribution is -2.56. The molecular formula is C29H32BrCl2N3O4S. The smallest absolute Gasteiger partial charge is 0.244 e. The number of anilines is 1. The Morgan fingerprint density at radius 2 is 1.57 bits per heavy atom. The van der Waals surface area contributed by atoms with Crippen molar-refractivity contribution in [2.45, 2.75) is 45.3 Å². The maximum absolute atomic E-state index is 14.1. The van der Waals surface area contributed by atoms with E-state index in [4.69, 9.17) is 23.2 Å². The predicted molar refractivity (Wildman–Crippen MR) is 165 cm³/mol. The van der Waals surface area contributed by atoms with Gasteiger partial charge in [0.1, 0.15) is 12.6 Å². The molecular weight excluding hydrogens is 637 g/mol. The predicted octanol–water partition coefficient (Wildman–Crippen LogP) is 6.08. The SMILES string of the molecule is CC(C)(C)NC(=O)[C@@H](Cc1ccccc1)N(Cc1cccc(Br)c1)C(=O)CN(c1ccc(Cl)c(Cl)c1)S(C)(=O)=O. The van der Waals surface area contributed by atoms with Crippen LogP contribution in [0.25, 0.3) is 0 Å². The van der Waals surface area contributed by atoms with Crippen LogP contribution >= 0.6 is 39.1 Å². The summed E-state index contributed by atoms with van der Waals surface area (Å²) in [5.74, 6) is -0.901. The second kappa shape index (κ2) is 13.4. The molecule has 0 aliphatic heterocycles. The monoisotopic (exact) mass is 667 g/mol. The number of hydrogen-bond acceptors (Lipinski definition) is 4. The number of carbonyl (C=O) groups is 2. The summed E-state index contributed by atoms with van der Waals surface area (Å²) in [4.78, 5) is 29.2. The van der Waals surface area contributed by atoms with Crippen LogP contribution in [0.4, 0.5) is 5.69 Å². The van der Waals surface area contributed by atoms with E-state index in [1.54, 1.807) is 0 Å². The van der Waals surface area contributed by atoms with Gasteiger partial charge in [0.05, 0.1) is 22.0 Å². The number of rotatable bonds is 10. The molecule has 0 unspecified atom stereocenters. The highest BCUT2D eigenvalue weighted by atomic mass is 79.9. The lowest BCUT2D eigenvalue weighted by molar-refractivity contribution is -0.140. The van der Waals surface area contributed by atoms with Gasteiger partial charge >= 0.3 is 0 Å². The fourth-order valence-electron chi connectivity index (χ4n) is 4.09. The normalized spacial score (nSPS) is 12.5. The molecule has 0 spiro atoms. The van der Waals surface area contributed by atoms with Gasteiger partial charge in [-0.2, -0.15) is 0 Å². The first-order chi connectivity index (χ1) is 18.6. The van der Waals surface area contributed by atoms with Crippen molar-refractivity contribution >= 4 is 66.7 Å². The molecule has 40 heavy (non-hydrogen) atoms. The van der Waals surface area contributed by atoms with Crippen molar-refractivity contribution in [3.8, 4) is 0 Å². The zero-order valence-electron chi connectivity index (χ0n) is 22.7. The first kappa shape index (κ1) is 31.9. The topological polar surface area (TPSA) is 86.8 Å². The molecule has 0 aliphatic rings. The molecule has 1 N–H and O–H groups in total. The average molecular weight is 669 g/mol. The Kier molecular flexibility index (Phi) is 10.7. The van der Waals surface area contributed by atoms with E-state index >= 15 is 0 Å². The average Bonchev–Trinajstić information content (AvgIpc) is 2.85. The van der Waals surface area contributed by atoms with Crippen molar-refractivity contribution in [3.05, 3.63) is 98.4 Å². The largest absolute Gasteiger partial charge is 0.350 e. The maximum Gasteiger partial charge on any atom is 0.244 e. The Morgan fingerprint density at radius 1 is 0.925 bits per heavy atom. The van der Waals surface area contributed by atoms with Crippen LogP contribution in [0, 0.1) is 0 Å². The van der Waals surface area contributed by atoms with Gasteiger partial charge in [0.25, 0.3) is 0 Å². The molecule has 3 aromatic rings. The van der Waals surface area contributed by atoms with Gasteiger partial charge in [0.15, 0.2) is 0 Å². The van der Waals surface area contributed by atoms with Crippen molar-refractivity contribution in [1.29, 1.82) is 0 Å². The first-order valence-corrected chi connectivity index (χ1v) is 15.9. The number of amides is 2. The number of hydrogen-bond donors (Lipinski definition) is 1. The van der Waals surface area contributed by atoms with Crippen LogP contribution in [-0.4, -0.2) is 49.5 Å². The van der Waals surface area contributed by atoms with Crippen LogP contribution in [0.5, 0.6) is 0 Å². The number of halogens is 3. The summed E-state index contributed by atoms with van der Waals surface area (Å²) in [6.45, 7) is 5.12. The fraction of sp³-hybridized carbons (Fsp3) is 0.310. The molecule has 0 bridgehead atoms. The van der Waals surface area contributed by atoms with Crippen LogP contribution in [-0.2, 0) is 32.6 Å². The van der Waals surface area contributed by atoms with Crippen molar-refractivity contribution in [3.63, 3.8) is 0 Å². The Labute approximate surface area is 254 Å². The Bertz CT molecular complexity index is 1460. The third kappa shape index (κ3) is 9.23. The quantitative estimate of drug-likeness (QED) is 0.284. The molecule has 0 fully saturated rings. The molecule has 214 valence electrons. The number of sulfonamides is 1. The number of carbonyl (C=O) groups excluding carboxylic acids is 2. The Balaban J connectivity index is 2.09. The molecule has 0 radical (unpaired) electrons. The van der Waals surface area contributed by atoms with Crippen LogP contribution in [0.1, 0.15) is 31.9 Å². The number of nitrogens with one attached hydrogen (secondary N) is 1. The van der Waals surface area contributed by atoms with E-state index < -0.39 is 34.1 Å². The summed E-state index contributed by atoms with van der Waals surface area (Å²) in [7, 11) is -3.91. The second-order valence-electron chi connectivity index (χ2n) is 10.5. The van der Waals surface area contributed by atoms with Crippen molar-refractivity contribution in [2.75, 3.05) is 17.1 Å². The van der Waals surface area contributed by atoms with E-state index in [2.05, 4.69) is 21.2 Å². The van der Waals surface area contributed by atoms with Crippen molar-refractivity contribution in [2.24, 2.45) is 0 Å². The zero-order chi connectivity index (χ0) is 29.7. The summed E-state index contributed by atoms with van der Waals surface area (Å²) in [6, 6.07) is 20.2. The van der Waals surface area contributed by atoms with E-state index in [1.807, 2.05) is 75.4 Å². The molecule has 2 amide bonds. The van der Waals surface area contributed by atoms with Crippen LogP contribution in [0.3, 0.4) is 0 Å². The van der Waals surface area contributed by atoms with Gasteiger partial charge < -0.3 is 10.2 Å². The molecule has 0 heterocycles. The van der Waals surface area contributed by atoms with Gasteiger partial charge in [-0.25, -0.2) is 8.42 Å². The molecule has 0 aromatic heterocycles. The summed E-state index contributed by atoms with van der Waals surface area (Å²) in [5.41, 5.74) is 1.25. The van der Waals surface area contributed by atoms with Gasteiger partial charge in [-0.15, -0.1) is 0 Å². The third-order valence-electron chi connectivity index (χ3n) is 5.88. The van der Waals surface area contributed by atoms with E-state index in [9.17, 15) is 18.0 Å². The minimum Gasteiger partial charge on any atom is -0.350 e. The van der Waals surface area contributed by atoms with Gasteiger partial charge in [-0.3, -0.25) is 13.9 Å². The molecule has 7 nitrogen and oxygen atoms in total. The zero-order valence-corrected chi connectivity index (χ0v) is 26.6. The third-order valence-corrected chi connectivity index (χ3v) is 8.25. The highest BCUT2D eigenvalue weighted by Crippen LogP contribution is 2.29. The minimum absolute atomic E-state index is 0.0757. The van der Waals surface area contributed by atoms with E-state index in [0.29, 0.717) is 0 Å². The van der Waals surface area contributed by atoms with Gasteiger partial charge in [-0.1, -0.05) is 81.6 Å². The fourth-order valence-corrected chi connectivity index (χ4v) is 5.67. The molecule has 0 saturated heterocycles. The van der Waals surface area contributed by atoms with E-state index in [0.717, 1.165) is 26.2 Å². The first-order valence-electron chi connectivity index (χ1n) is 12.5. The van der Waals surface area contributed by atoms with Crippen LogP contribution in [0.15, 0.2) is 77.3 Å². The molecule has 11 heteroatoms. The number of benzene rings is 3. The molecule has 0 aliphatic carbocycles. The standard InChI is InChI=1S/C29H32BrCl2N3O4S/c1-29(2,3)33-28(37)26(16-20-9-6-5-7-10-20)34(18-21-11-8-12-22(30)15-21)27(36)19-35(40(4,38)39)23-13-14-24(31)25(32)17-23/h5-15,17,26H,16,18-19H2,1-4H3,(H,33,37)/t26-/m1/s1. The lowest BCUT2D eigenvalue weighted by atomic mass is 10.0. The summed E-state index contributed by atoms with van der Waals surface area (Å²) in [5, 5.41) is 3.40. The highest BCUT2D eigenvalue weighted by Gasteiger charge is 2.34. The van der Waals surface area contributed by atoms with Gasteiger partial charge in [0, 0.05) is 23.0 Å². The number of nitrogens with zero attached hydrogens (tertiary/aromatic N) is 2. The molecule has 1 atom stereocenters. The Hall–Kier alpha value is -2.59. The lowest BCUT2D eigenvalue weighted by Gasteiger charge is -2.35. The van der Waals surface area contributed by atoms with Crippen LogP contribution < -0.4 is 9.62 Å². The summed E-state index contributed by atoms with van der Waals surface area (Å²) < 4.78 is 27.5. The minimum atomic E-state index is -3.91. The van der Waals surface area contributed by atoms with Gasteiger partial charge in [-0.05, 0) is 62.2 Å². The molecule has 3 aromatic carbocycles.